The van der Waals surface area contributed by atoms with Crippen LogP contribution in [0, 0.1) is 10.1 Å². The first-order chi connectivity index (χ1) is 10.6. The highest BCUT2D eigenvalue weighted by Crippen LogP contribution is 2.30. The summed E-state index contributed by atoms with van der Waals surface area (Å²) < 4.78 is 6.74. The van der Waals surface area contributed by atoms with Crippen LogP contribution in [0.4, 0.5) is 5.88 Å². The summed E-state index contributed by atoms with van der Waals surface area (Å²) in [6.07, 6.45) is 4.94. The average molecular weight is 297 g/mol. The van der Waals surface area contributed by atoms with Gasteiger partial charge in [0.05, 0.1) is 18.0 Å². The van der Waals surface area contributed by atoms with Gasteiger partial charge in [-0.15, -0.1) is 0 Å². The lowest BCUT2D eigenvalue weighted by Gasteiger charge is -1.98. The summed E-state index contributed by atoms with van der Waals surface area (Å²) >= 11 is 0. The molecule has 0 spiro atoms. The predicted molar refractivity (Wildman–Crippen MR) is 78.9 cm³/mol. The standard InChI is InChI=1S/C14H11N5O3/c1-9(15)11-8-18(10-3-2-6-16-7-10)17-14(11)12-4-5-13(22-12)19(20)21/h2-8H,1,15H2. The lowest BCUT2D eigenvalue weighted by molar-refractivity contribution is -0.401. The van der Waals surface area contributed by atoms with Gasteiger partial charge < -0.3 is 10.2 Å². The van der Waals surface area contributed by atoms with E-state index in [1.807, 2.05) is 6.07 Å². The minimum Gasteiger partial charge on any atom is -0.399 e. The zero-order valence-electron chi connectivity index (χ0n) is 11.3. The van der Waals surface area contributed by atoms with Crippen LogP contribution in [0.1, 0.15) is 5.56 Å². The monoisotopic (exact) mass is 297 g/mol. The third-order valence-electron chi connectivity index (χ3n) is 2.98. The number of nitrogens with zero attached hydrogens (tertiary/aromatic N) is 4. The minimum absolute atomic E-state index is 0.246. The molecule has 0 aliphatic rings. The number of furan rings is 1. The number of aromatic nitrogens is 3. The van der Waals surface area contributed by atoms with E-state index in [1.165, 1.54) is 12.1 Å². The molecule has 0 aromatic carbocycles. The number of rotatable bonds is 4. The second-order valence-electron chi connectivity index (χ2n) is 4.47. The Hall–Kier alpha value is -3.42. The van der Waals surface area contributed by atoms with Crippen LogP contribution in [-0.4, -0.2) is 19.7 Å². The number of hydrogen-bond donors (Lipinski definition) is 1. The molecule has 0 aliphatic heterocycles. The molecule has 0 radical (unpaired) electrons. The maximum atomic E-state index is 10.7. The van der Waals surface area contributed by atoms with E-state index in [2.05, 4.69) is 16.7 Å². The van der Waals surface area contributed by atoms with Gasteiger partial charge in [0.2, 0.25) is 0 Å². The van der Waals surface area contributed by atoms with E-state index in [9.17, 15) is 10.1 Å². The Kier molecular flexibility index (Phi) is 3.18. The third-order valence-corrected chi connectivity index (χ3v) is 2.98. The summed E-state index contributed by atoms with van der Waals surface area (Å²) in [4.78, 5) is 14.1. The van der Waals surface area contributed by atoms with Gasteiger partial charge in [0.25, 0.3) is 0 Å². The first-order valence-corrected chi connectivity index (χ1v) is 6.25. The molecule has 0 aliphatic carbocycles. The fraction of sp³-hybridized carbons (Fsp3) is 0. The highest BCUT2D eigenvalue weighted by Gasteiger charge is 2.20. The van der Waals surface area contributed by atoms with Gasteiger partial charge in [0.1, 0.15) is 10.6 Å². The molecule has 8 heteroatoms. The Morgan fingerprint density at radius 1 is 1.41 bits per heavy atom. The number of nitrogens with two attached hydrogens (primary N) is 1. The van der Waals surface area contributed by atoms with E-state index < -0.39 is 4.92 Å². The molecule has 3 aromatic heterocycles. The quantitative estimate of drug-likeness (QED) is 0.584. The van der Waals surface area contributed by atoms with Crippen molar-refractivity contribution in [3.05, 3.63) is 65.1 Å². The maximum absolute atomic E-state index is 10.7. The lowest BCUT2D eigenvalue weighted by atomic mass is 10.2. The summed E-state index contributed by atoms with van der Waals surface area (Å²) in [7, 11) is 0. The fourth-order valence-electron chi connectivity index (χ4n) is 1.97. The molecule has 0 saturated carbocycles. The molecule has 2 N–H and O–H groups in total. The Labute approximate surface area is 124 Å². The molecule has 0 fully saturated rings. The van der Waals surface area contributed by atoms with E-state index >= 15 is 0 Å². The van der Waals surface area contributed by atoms with E-state index in [-0.39, 0.29) is 17.3 Å². The van der Waals surface area contributed by atoms with Crippen molar-refractivity contribution in [1.82, 2.24) is 14.8 Å². The summed E-state index contributed by atoms with van der Waals surface area (Å²) in [5.41, 5.74) is 7.69. The van der Waals surface area contributed by atoms with Gasteiger partial charge in [-0.2, -0.15) is 5.10 Å². The Bertz CT molecular complexity index is 851. The van der Waals surface area contributed by atoms with Crippen molar-refractivity contribution < 1.29 is 9.34 Å². The third kappa shape index (κ3) is 2.33. The lowest BCUT2D eigenvalue weighted by Crippen LogP contribution is -1.95. The van der Waals surface area contributed by atoms with Crippen LogP contribution >= 0.6 is 0 Å². The summed E-state index contributed by atoms with van der Waals surface area (Å²) in [6.45, 7) is 3.69. The SMILES string of the molecule is C=C(N)c1cn(-c2cccnc2)nc1-c1ccc([N+](=O)[O-])o1. The average Bonchev–Trinajstić information content (AvgIpc) is 3.15. The summed E-state index contributed by atoms with van der Waals surface area (Å²) in [5.74, 6) is -0.115. The van der Waals surface area contributed by atoms with E-state index in [4.69, 9.17) is 10.2 Å². The van der Waals surface area contributed by atoms with Crippen molar-refractivity contribution in [1.29, 1.82) is 0 Å². The Morgan fingerprint density at radius 3 is 2.82 bits per heavy atom. The Balaban J connectivity index is 2.12. The van der Waals surface area contributed by atoms with E-state index in [0.29, 0.717) is 11.3 Å². The Morgan fingerprint density at radius 2 is 2.23 bits per heavy atom. The molecule has 0 atom stereocenters. The number of pyridine rings is 1. The molecule has 0 unspecified atom stereocenters. The topological polar surface area (TPSA) is 113 Å². The van der Waals surface area contributed by atoms with Crippen molar-refractivity contribution in [2.75, 3.05) is 0 Å². The van der Waals surface area contributed by atoms with Gasteiger partial charge in [0.15, 0.2) is 5.76 Å². The second kappa shape index (κ2) is 5.17. The van der Waals surface area contributed by atoms with E-state index in [1.54, 1.807) is 29.3 Å². The first kappa shape index (κ1) is 13.6. The van der Waals surface area contributed by atoms with Crippen molar-refractivity contribution in [2.24, 2.45) is 5.73 Å². The van der Waals surface area contributed by atoms with Crippen LogP contribution in [0.3, 0.4) is 0 Å². The van der Waals surface area contributed by atoms with Gasteiger partial charge in [-0.3, -0.25) is 15.1 Å². The molecule has 0 bridgehead atoms. The van der Waals surface area contributed by atoms with Crippen molar-refractivity contribution in [3.8, 4) is 17.1 Å². The van der Waals surface area contributed by atoms with E-state index in [0.717, 1.165) is 5.69 Å². The number of nitro groups is 1. The highest BCUT2D eigenvalue weighted by atomic mass is 16.6. The molecular formula is C14H11N5O3. The molecule has 0 amide bonds. The first-order valence-electron chi connectivity index (χ1n) is 6.25. The second-order valence-corrected chi connectivity index (χ2v) is 4.47. The molecule has 110 valence electrons. The van der Waals surface area contributed by atoms with Crippen LogP contribution < -0.4 is 5.73 Å². The molecule has 3 aromatic rings. The zero-order chi connectivity index (χ0) is 15.7. The van der Waals surface area contributed by atoms with Crippen LogP contribution in [-0.2, 0) is 0 Å². The molecule has 8 nitrogen and oxygen atoms in total. The normalized spacial score (nSPS) is 10.5. The maximum Gasteiger partial charge on any atom is 0.433 e. The molecule has 3 rings (SSSR count). The van der Waals surface area contributed by atoms with Gasteiger partial charge in [0, 0.05) is 23.7 Å². The predicted octanol–water partition coefficient (Wildman–Crippen LogP) is 2.36. The van der Waals surface area contributed by atoms with Gasteiger partial charge in [-0.05, 0) is 18.2 Å². The van der Waals surface area contributed by atoms with Crippen LogP contribution in [0.25, 0.3) is 22.8 Å². The summed E-state index contributed by atoms with van der Waals surface area (Å²) in [5, 5.41) is 15.1. The van der Waals surface area contributed by atoms with Crippen molar-refractivity contribution in [3.63, 3.8) is 0 Å². The van der Waals surface area contributed by atoms with Crippen molar-refractivity contribution >= 4 is 11.6 Å². The number of hydrogen-bond acceptors (Lipinski definition) is 6. The molecule has 0 saturated heterocycles. The van der Waals surface area contributed by atoms with Crippen LogP contribution in [0.5, 0.6) is 0 Å². The molecule has 3 heterocycles. The van der Waals surface area contributed by atoms with Gasteiger partial charge in [-0.1, -0.05) is 6.58 Å². The highest BCUT2D eigenvalue weighted by molar-refractivity contribution is 5.74. The smallest absolute Gasteiger partial charge is 0.399 e. The van der Waals surface area contributed by atoms with Crippen molar-refractivity contribution in [2.45, 2.75) is 0 Å². The fourth-order valence-corrected chi connectivity index (χ4v) is 1.97. The van der Waals surface area contributed by atoms with Gasteiger partial charge in [-0.25, -0.2) is 4.68 Å². The minimum atomic E-state index is -0.613. The zero-order valence-corrected chi connectivity index (χ0v) is 11.3. The van der Waals surface area contributed by atoms with Gasteiger partial charge >= 0.3 is 5.88 Å². The van der Waals surface area contributed by atoms with Crippen LogP contribution in [0.15, 0.2) is 53.9 Å². The largest absolute Gasteiger partial charge is 0.433 e. The summed E-state index contributed by atoms with van der Waals surface area (Å²) in [6, 6.07) is 6.32. The van der Waals surface area contributed by atoms with Crippen LogP contribution in [0.2, 0.25) is 0 Å². The molecular weight excluding hydrogens is 286 g/mol. The molecule has 22 heavy (non-hydrogen) atoms.